The standard InChI is InChI=1S/C14H22Cl2N2/c1-4-7-17-13(10(5-2)6-3)14-12(16)8-11(15)9-18-14/h8-10,13,17H,4-7H2,1-3H3. The molecule has 1 atom stereocenters. The molecule has 102 valence electrons. The molecule has 1 heterocycles. The van der Waals surface area contributed by atoms with E-state index in [9.17, 15) is 0 Å². The minimum absolute atomic E-state index is 0.213. The highest BCUT2D eigenvalue weighted by atomic mass is 35.5. The van der Waals surface area contributed by atoms with Gasteiger partial charge in [-0.3, -0.25) is 4.98 Å². The van der Waals surface area contributed by atoms with E-state index < -0.39 is 0 Å². The lowest BCUT2D eigenvalue weighted by atomic mass is 9.91. The molecule has 0 amide bonds. The summed E-state index contributed by atoms with van der Waals surface area (Å²) in [6.45, 7) is 7.55. The monoisotopic (exact) mass is 288 g/mol. The fraction of sp³-hybridized carbons (Fsp3) is 0.643. The normalized spacial score (nSPS) is 13.0. The van der Waals surface area contributed by atoms with Crippen molar-refractivity contribution in [2.24, 2.45) is 5.92 Å². The van der Waals surface area contributed by atoms with Crippen LogP contribution in [0.4, 0.5) is 0 Å². The van der Waals surface area contributed by atoms with Gasteiger partial charge in [0.1, 0.15) is 0 Å². The van der Waals surface area contributed by atoms with Crippen LogP contribution in [0.25, 0.3) is 0 Å². The Balaban J connectivity index is 3.00. The van der Waals surface area contributed by atoms with Crippen LogP contribution in [0.5, 0.6) is 0 Å². The molecule has 0 saturated carbocycles. The molecule has 0 saturated heterocycles. The van der Waals surface area contributed by atoms with Crippen molar-refractivity contribution in [3.05, 3.63) is 28.0 Å². The van der Waals surface area contributed by atoms with E-state index in [0.29, 0.717) is 16.0 Å². The van der Waals surface area contributed by atoms with Crippen LogP contribution in [-0.4, -0.2) is 11.5 Å². The molecule has 1 unspecified atom stereocenters. The van der Waals surface area contributed by atoms with Gasteiger partial charge in [-0.25, -0.2) is 0 Å². The fourth-order valence-corrected chi connectivity index (χ4v) is 2.70. The van der Waals surface area contributed by atoms with E-state index >= 15 is 0 Å². The van der Waals surface area contributed by atoms with Crippen LogP contribution in [0.2, 0.25) is 10.0 Å². The number of aromatic nitrogens is 1. The Labute approximate surface area is 120 Å². The molecular weight excluding hydrogens is 267 g/mol. The third kappa shape index (κ3) is 4.11. The zero-order valence-electron chi connectivity index (χ0n) is 11.3. The van der Waals surface area contributed by atoms with Crippen LogP contribution in [0.1, 0.15) is 51.8 Å². The highest BCUT2D eigenvalue weighted by molar-refractivity contribution is 6.34. The van der Waals surface area contributed by atoms with Crippen molar-refractivity contribution >= 4 is 23.2 Å². The van der Waals surface area contributed by atoms with E-state index in [-0.39, 0.29) is 6.04 Å². The number of hydrogen-bond acceptors (Lipinski definition) is 2. The van der Waals surface area contributed by atoms with Crippen molar-refractivity contribution in [3.63, 3.8) is 0 Å². The highest BCUT2D eigenvalue weighted by Gasteiger charge is 2.23. The van der Waals surface area contributed by atoms with Gasteiger partial charge in [0.05, 0.1) is 21.8 Å². The van der Waals surface area contributed by atoms with Crippen LogP contribution >= 0.6 is 23.2 Å². The summed E-state index contributed by atoms with van der Waals surface area (Å²) in [6.07, 6.45) is 4.99. The lowest BCUT2D eigenvalue weighted by Gasteiger charge is -2.26. The SMILES string of the molecule is CCCNC(c1ncc(Cl)cc1Cl)C(CC)CC. The predicted molar refractivity (Wildman–Crippen MR) is 79.4 cm³/mol. The Morgan fingerprint density at radius 2 is 1.89 bits per heavy atom. The van der Waals surface area contributed by atoms with Gasteiger partial charge in [0.2, 0.25) is 0 Å². The maximum atomic E-state index is 6.27. The molecule has 1 N–H and O–H groups in total. The van der Waals surface area contributed by atoms with Crippen LogP contribution in [0.15, 0.2) is 12.3 Å². The summed E-state index contributed by atoms with van der Waals surface area (Å²) in [6, 6.07) is 1.98. The molecule has 0 aliphatic carbocycles. The third-order valence-electron chi connectivity index (χ3n) is 3.27. The van der Waals surface area contributed by atoms with Crippen molar-refractivity contribution in [2.75, 3.05) is 6.54 Å². The minimum atomic E-state index is 0.213. The molecule has 1 aromatic rings. The van der Waals surface area contributed by atoms with Crippen molar-refractivity contribution in [1.82, 2.24) is 10.3 Å². The van der Waals surface area contributed by atoms with Crippen LogP contribution in [-0.2, 0) is 0 Å². The molecule has 18 heavy (non-hydrogen) atoms. The first-order valence-corrected chi connectivity index (χ1v) is 7.43. The van der Waals surface area contributed by atoms with Gasteiger partial charge in [0.25, 0.3) is 0 Å². The Morgan fingerprint density at radius 3 is 2.39 bits per heavy atom. The van der Waals surface area contributed by atoms with Gasteiger partial charge in [-0.05, 0) is 24.9 Å². The van der Waals surface area contributed by atoms with Gasteiger partial charge in [-0.2, -0.15) is 0 Å². The Bertz CT molecular complexity index is 365. The van der Waals surface area contributed by atoms with Crippen molar-refractivity contribution in [3.8, 4) is 0 Å². The molecule has 0 aliphatic heterocycles. The Morgan fingerprint density at radius 1 is 1.22 bits per heavy atom. The van der Waals surface area contributed by atoms with E-state index in [2.05, 4.69) is 31.1 Å². The van der Waals surface area contributed by atoms with Gasteiger partial charge in [0.15, 0.2) is 0 Å². The van der Waals surface area contributed by atoms with Crippen molar-refractivity contribution in [2.45, 2.75) is 46.1 Å². The first-order valence-electron chi connectivity index (χ1n) is 6.68. The molecule has 0 radical (unpaired) electrons. The first kappa shape index (κ1) is 15.7. The molecule has 0 aliphatic rings. The largest absolute Gasteiger partial charge is 0.308 e. The van der Waals surface area contributed by atoms with E-state index in [4.69, 9.17) is 23.2 Å². The minimum Gasteiger partial charge on any atom is -0.308 e. The van der Waals surface area contributed by atoms with Crippen LogP contribution < -0.4 is 5.32 Å². The quantitative estimate of drug-likeness (QED) is 0.775. The second kappa shape index (κ2) is 7.98. The second-order valence-electron chi connectivity index (χ2n) is 4.53. The first-order chi connectivity index (χ1) is 8.63. The summed E-state index contributed by atoms with van der Waals surface area (Å²) < 4.78 is 0. The molecule has 1 rings (SSSR count). The zero-order valence-corrected chi connectivity index (χ0v) is 12.9. The number of halogens is 2. The average molecular weight is 289 g/mol. The molecule has 0 fully saturated rings. The maximum absolute atomic E-state index is 6.27. The summed E-state index contributed by atoms with van der Waals surface area (Å²) in [5.41, 5.74) is 0.920. The number of nitrogens with zero attached hydrogens (tertiary/aromatic N) is 1. The second-order valence-corrected chi connectivity index (χ2v) is 5.37. The zero-order chi connectivity index (χ0) is 13.5. The predicted octanol–water partition coefficient (Wildman–Crippen LogP) is 4.87. The van der Waals surface area contributed by atoms with Crippen LogP contribution in [0, 0.1) is 5.92 Å². The van der Waals surface area contributed by atoms with Gasteiger partial charge in [0, 0.05) is 6.20 Å². The topological polar surface area (TPSA) is 24.9 Å². The molecule has 0 bridgehead atoms. The van der Waals surface area contributed by atoms with E-state index in [1.165, 1.54) is 0 Å². The average Bonchev–Trinajstić information content (AvgIpc) is 2.35. The third-order valence-corrected chi connectivity index (χ3v) is 3.77. The Kier molecular flexibility index (Phi) is 6.98. The van der Waals surface area contributed by atoms with Gasteiger partial charge >= 0.3 is 0 Å². The number of pyridine rings is 1. The number of hydrogen-bond donors (Lipinski definition) is 1. The lowest BCUT2D eigenvalue weighted by Crippen LogP contribution is -2.29. The summed E-state index contributed by atoms with van der Waals surface area (Å²) in [5.74, 6) is 0.544. The molecule has 0 aromatic carbocycles. The van der Waals surface area contributed by atoms with Crippen molar-refractivity contribution < 1.29 is 0 Å². The Hall–Kier alpha value is -0.310. The fourth-order valence-electron chi connectivity index (χ4n) is 2.20. The van der Waals surface area contributed by atoms with Crippen LogP contribution in [0.3, 0.4) is 0 Å². The number of nitrogens with one attached hydrogen (secondary N) is 1. The van der Waals surface area contributed by atoms with Gasteiger partial charge in [-0.1, -0.05) is 56.8 Å². The van der Waals surface area contributed by atoms with E-state index in [1.54, 1.807) is 12.3 Å². The lowest BCUT2D eigenvalue weighted by molar-refractivity contribution is 0.335. The molecule has 4 heteroatoms. The highest BCUT2D eigenvalue weighted by Crippen LogP contribution is 2.31. The molecule has 2 nitrogen and oxygen atoms in total. The molecule has 0 spiro atoms. The summed E-state index contributed by atoms with van der Waals surface area (Å²) in [4.78, 5) is 4.42. The van der Waals surface area contributed by atoms with E-state index in [1.807, 2.05) is 0 Å². The summed E-state index contributed by atoms with van der Waals surface area (Å²) in [5, 5.41) is 4.80. The number of rotatable bonds is 7. The molecular formula is C14H22Cl2N2. The van der Waals surface area contributed by atoms with Gasteiger partial charge in [-0.15, -0.1) is 0 Å². The smallest absolute Gasteiger partial charge is 0.0762 e. The summed E-state index contributed by atoms with van der Waals surface area (Å²) in [7, 11) is 0. The van der Waals surface area contributed by atoms with Crippen molar-refractivity contribution in [1.29, 1.82) is 0 Å². The maximum Gasteiger partial charge on any atom is 0.0762 e. The van der Waals surface area contributed by atoms with Gasteiger partial charge < -0.3 is 5.32 Å². The summed E-state index contributed by atoms with van der Waals surface area (Å²) >= 11 is 12.2. The van der Waals surface area contributed by atoms with E-state index in [0.717, 1.165) is 31.5 Å². The molecule has 1 aromatic heterocycles.